The zero-order valence-corrected chi connectivity index (χ0v) is 12.9. The van der Waals surface area contributed by atoms with Crippen LogP contribution in [0.25, 0.3) is 0 Å². The Kier molecular flexibility index (Phi) is 5.86. The van der Waals surface area contributed by atoms with Crippen molar-refractivity contribution in [2.24, 2.45) is 0 Å². The molecule has 0 aliphatic rings. The molecule has 0 aliphatic carbocycles. The molecule has 0 saturated carbocycles. The lowest BCUT2D eigenvalue weighted by Crippen LogP contribution is -2.27. The summed E-state index contributed by atoms with van der Waals surface area (Å²) in [4.78, 5) is 0. The lowest BCUT2D eigenvalue weighted by atomic mass is 9.88. The molecule has 0 aliphatic heterocycles. The van der Waals surface area contributed by atoms with Gasteiger partial charge in [-0.3, -0.25) is 0 Å². The normalized spacial score (nSPS) is 14.1. The Morgan fingerprint density at radius 3 is 2.76 bits per heavy atom. The van der Waals surface area contributed by atoms with Gasteiger partial charge in [-0.15, -0.1) is 18.3 Å². The molecule has 92 valence electrons. The Hall–Kier alpha value is -0.160. The fourth-order valence-corrected chi connectivity index (χ4v) is 2.94. The van der Waals surface area contributed by atoms with Gasteiger partial charge >= 0.3 is 0 Å². The third-order valence-electron chi connectivity index (χ3n) is 2.52. The standard InChI is InChI=1S/C13H15BrOS2/c1-3-8-13(15,9-12(16)17-2)10-6-4-5-7-11(10)14/h3-7,15H,1,8-9H2,2H3. The highest BCUT2D eigenvalue weighted by atomic mass is 79.9. The summed E-state index contributed by atoms with van der Waals surface area (Å²) in [6.45, 7) is 3.71. The Morgan fingerprint density at radius 2 is 2.24 bits per heavy atom. The maximum atomic E-state index is 10.8. The van der Waals surface area contributed by atoms with Gasteiger partial charge < -0.3 is 5.11 Å². The number of benzene rings is 1. The van der Waals surface area contributed by atoms with Crippen molar-refractivity contribution in [2.75, 3.05) is 6.26 Å². The summed E-state index contributed by atoms with van der Waals surface area (Å²) in [5.74, 6) is 0. The van der Waals surface area contributed by atoms with Crippen molar-refractivity contribution in [2.45, 2.75) is 18.4 Å². The number of hydrogen-bond donors (Lipinski definition) is 1. The third-order valence-corrected chi connectivity index (χ3v) is 4.46. The molecule has 1 rings (SSSR count). The van der Waals surface area contributed by atoms with Crippen molar-refractivity contribution in [3.63, 3.8) is 0 Å². The van der Waals surface area contributed by atoms with E-state index in [-0.39, 0.29) is 0 Å². The first-order valence-electron chi connectivity index (χ1n) is 5.18. The van der Waals surface area contributed by atoms with E-state index in [9.17, 15) is 5.11 Å². The van der Waals surface area contributed by atoms with Gasteiger partial charge in [0.2, 0.25) is 0 Å². The van der Waals surface area contributed by atoms with Gasteiger partial charge in [-0.2, -0.15) is 0 Å². The van der Waals surface area contributed by atoms with Gasteiger partial charge in [0.1, 0.15) is 0 Å². The van der Waals surface area contributed by atoms with Crippen LogP contribution < -0.4 is 0 Å². The molecule has 0 bridgehead atoms. The number of hydrogen-bond acceptors (Lipinski definition) is 3. The summed E-state index contributed by atoms with van der Waals surface area (Å²) < 4.78 is 1.69. The molecule has 0 saturated heterocycles. The smallest absolute Gasteiger partial charge is 0.0995 e. The number of thioether (sulfide) groups is 1. The van der Waals surface area contributed by atoms with Crippen molar-refractivity contribution in [1.29, 1.82) is 0 Å². The summed E-state index contributed by atoms with van der Waals surface area (Å²) in [5.41, 5.74) is -0.113. The molecule has 0 aromatic heterocycles. The first-order valence-corrected chi connectivity index (χ1v) is 7.61. The Morgan fingerprint density at radius 1 is 1.59 bits per heavy atom. The molecular weight excluding hydrogens is 316 g/mol. The maximum absolute atomic E-state index is 10.8. The second-order valence-corrected chi connectivity index (χ2v) is 6.26. The van der Waals surface area contributed by atoms with Crippen LogP contribution in [0.3, 0.4) is 0 Å². The molecule has 0 heterocycles. The average Bonchev–Trinajstić information content (AvgIpc) is 2.29. The van der Waals surface area contributed by atoms with E-state index in [1.165, 1.54) is 11.8 Å². The number of halogens is 1. The van der Waals surface area contributed by atoms with Crippen LogP contribution in [0.1, 0.15) is 18.4 Å². The highest BCUT2D eigenvalue weighted by molar-refractivity contribution is 9.10. The summed E-state index contributed by atoms with van der Waals surface area (Å²) in [7, 11) is 0. The second-order valence-electron chi connectivity index (χ2n) is 3.76. The minimum absolute atomic E-state index is 0.456. The van der Waals surface area contributed by atoms with Gasteiger partial charge in [0.25, 0.3) is 0 Å². The van der Waals surface area contributed by atoms with Crippen LogP contribution in [0.5, 0.6) is 0 Å². The largest absolute Gasteiger partial charge is 0.384 e. The van der Waals surface area contributed by atoms with Crippen LogP contribution in [-0.2, 0) is 5.60 Å². The van der Waals surface area contributed by atoms with Crippen molar-refractivity contribution in [3.8, 4) is 0 Å². The van der Waals surface area contributed by atoms with E-state index in [1.807, 2.05) is 30.5 Å². The van der Waals surface area contributed by atoms with Crippen LogP contribution >= 0.6 is 39.9 Å². The summed E-state index contributed by atoms with van der Waals surface area (Å²) >= 11 is 10.2. The van der Waals surface area contributed by atoms with Crippen molar-refractivity contribution < 1.29 is 5.11 Å². The highest BCUT2D eigenvalue weighted by Gasteiger charge is 2.30. The minimum atomic E-state index is -0.970. The zero-order chi connectivity index (χ0) is 12.9. The van der Waals surface area contributed by atoms with E-state index >= 15 is 0 Å². The van der Waals surface area contributed by atoms with Gasteiger partial charge in [0.05, 0.1) is 9.80 Å². The minimum Gasteiger partial charge on any atom is -0.384 e. The quantitative estimate of drug-likeness (QED) is 0.642. The first kappa shape index (κ1) is 14.9. The van der Waals surface area contributed by atoms with E-state index in [4.69, 9.17) is 12.2 Å². The van der Waals surface area contributed by atoms with Gasteiger partial charge in [0, 0.05) is 10.9 Å². The van der Waals surface area contributed by atoms with E-state index in [0.29, 0.717) is 12.8 Å². The van der Waals surface area contributed by atoms with E-state index in [2.05, 4.69) is 22.5 Å². The topological polar surface area (TPSA) is 20.2 Å². The molecule has 1 N–H and O–H groups in total. The van der Waals surface area contributed by atoms with E-state index < -0.39 is 5.60 Å². The number of thiocarbonyl (C=S) groups is 1. The van der Waals surface area contributed by atoms with E-state index in [1.54, 1.807) is 6.08 Å². The molecule has 1 unspecified atom stereocenters. The molecule has 1 aromatic rings. The van der Waals surface area contributed by atoms with Gasteiger partial charge in [-0.25, -0.2) is 0 Å². The van der Waals surface area contributed by atoms with E-state index in [0.717, 1.165) is 14.2 Å². The van der Waals surface area contributed by atoms with Crippen molar-refractivity contribution in [3.05, 3.63) is 47.0 Å². The van der Waals surface area contributed by atoms with Crippen LogP contribution in [0.2, 0.25) is 0 Å². The highest BCUT2D eigenvalue weighted by Crippen LogP contribution is 2.35. The molecule has 0 radical (unpaired) electrons. The second kappa shape index (κ2) is 6.69. The van der Waals surface area contributed by atoms with Crippen LogP contribution in [-0.4, -0.2) is 15.6 Å². The molecule has 1 aromatic carbocycles. The Balaban J connectivity index is 3.11. The molecule has 4 heteroatoms. The fourth-order valence-electron chi connectivity index (χ4n) is 1.67. The van der Waals surface area contributed by atoms with Crippen LogP contribution in [0.15, 0.2) is 41.4 Å². The predicted octanol–water partition coefficient (Wildman–Crippen LogP) is 4.29. The van der Waals surface area contributed by atoms with Crippen LogP contribution in [0.4, 0.5) is 0 Å². The average molecular weight is 331 g/mol. The van der Waals surface area contributed by atoms with Crippen LogP contribution in [0, 0.1) is 0 Å². The summed E-state index contributed by atoms with van der Waals surface area (Å²) in [5, 5.41) is 10.8. The van der Waals surface area contributed by atoms with Crippen molar-refractivity contribution in [1.82, 2.24) is 0 Å². The molecule has 1 nitrogen and oxygen atoms in total. The molecule has 17 heavy (non-hydrogen) atoms. The monoisotopic (exact) mass is 330 g/mol. The van der Waals surface area contributed by atoms with Gasteiger partial charge in [-0.05, 0) is 24.3 Å². The lowest BCUT2D eigenvalue weighted by Gasteiger charge is -2.28. The number of rotatable bonds is 5. The lowest BCUT2D eigenvalue weighted by molar-refractivity contribution is 0.0480. The number of aliphatic hydroxyl groups is 1. The summed E-state index contributed by atoms with van der Waals surface area (Å²) in [6, 6.07) is 7.67. The Labute approximate surface area is 120 Å². The van der Waals surface area contributed by atoms with Gasteiger partial charge in [0.15, 0.2) is 0 Å². The summed E-state index contributed by atoms with van der Waals surface area (Å²) in [6.07, 6.45) is 4.59. The zero-order valence-electron chi connectivity index (χ0n) is 9.65. The molecule has 0 spiro atoms. The fraction of sp³-hybridized carbons (Fsp3) is 0.308. The molecule has 0 amide bonds. The van der Waals surface area contributed by atoms with Gasteiger partial charge in [-0.1, -0.05) is 52.4 Å². The predicted molar refractivity (Wildman–Crippen MR) is 83.6 cm³/mol. The van der Waals surface area contributed by atoms with Crippen molar-refractivity contribution >= 4 is 44.1 Å². The molecule has 0 fully saturated rings. The SMILES string of the molecule is C=CCC(O)(CC(=S)SC)c1ccccc1Br. The Bertz CT molecular complexity index is 420. The first-order chi connectivity index (χ1) is 8.03. The molecule has 1 atom stereocenters. The molecular formula is C13H15BrOS2. The maximum Gasteiger partial charge on any atom is 0.0995 e. The third kappa shape index (κ3) is 3.91.